The molecule has 1 aliphatic rings. The maximum Gasteiger partial charge on any atom is 0.133 e. The van der Waals surface area contributed by atoms with Gasteiger partial charge >= 0.3 is 0 Å². The van der Waals surface area contributed by atoms with Gasteiger partial charge < -0.3 is 10.1 Å². The Labute approximate surface area is 141 Å². The Balaban J connectivity index is 0.000000231. The van der Waals surface area contributed by atoms with Crippen LogP contribution in [0.25, 0.3) is 6.08 Å². The van der Waals surface area contributed by atoms with Crippen molar-refractivity contribution in [1.29, 1.82) is 0 Å². The summed E-state index contributed by atoms with van der Waals surface area (Å²) in [6.07, 6.45) is 10.1. The van der Waals surface area contributed by atoms with Crippen LogP contribution in [0.4, 0.5) is 0 Å². The number of carbonyl (C=O) groups is 1. The summed E-state index contributed by atoms with van der Waals surface area (Å²) in [6, 6.07) is 10.9. The second-order valence-electron chi connectivity index (χ2n) is 5.86. The fourth-order valence-electron chi connectivity index (χ4n) is 2.46. The number of carbonyl (C=O) groups excluding carboxylic acids is 1. The van der Waals surface area contributed by atoms with Crippen LogP contribution in [0.15, 0.2) is 36.4 Å². The first-order chi connectivity index (χ1) is 11.3. The van der Waals surface area contributed by atoms with E-state index in [4.69, 9.17) is 4.74 Å². The van der Waals surface area contributed by atoms with Crippen LogP contribution in [0.2, 0.25) is 0 Å². The van der Waals surface area contributed by atoms with Gasteiger partial charge in [0.15, 0.2) is 0 Å². The van der Waals surface area contributed by atoms with Gasteiger partial charge in [-0.2, -0.15) is 0 Å². The minimum atomic E-state index is 0.444. The first-order valence-electron chi connectivity index (χ1n) is 8.71. The van der Waals surface area contributed by atoms with Gasteiger partial charge in [-0.3, -0.25) is 4.79 Å². The predicted octanol–water partition coefficient (Wildman–Crippen LogP) is 4.23. The molecule has 1 aliphatic carbocycles. The van der Waals surface area contributed by atoms with Crippen molar-refractivity contribution < 1.29 is 9.53 Å². The molecule has 23 heavy (non-hydrogen) atoms. The highest BCUT2D eigenvalue weighted by Gasteiger charge is 2.17. The van der Waals surface area contributed by atoms with Gasteiger partial charge in [0.05, 0.1) is 0 Å². The van der Waals surface area contributed by atoms with E-state index in [-0.39, 0.29) is 0 Å². The quantitative estimate of drug-likeness (QED) is 0.765. The van der Waals surface area contributed by atoms with Gasteiger partial charge in [-0.15, -0.1) is 0 Å². The van der Waals surface area contributed by atoms with Crippen molar-refractivity contribution in [3.05, 3.63) is 42.0 Å². The highest BCUT2D eigenvalue weighted by Crippen LogP contribution is 2.14. The van der Waals surface area contributed by atoms with Crippen molar-refractivity contribution in [3.63, 3.8) is 0 Å². The van der Waals surface area contributed by atoms with Crippen LogP contribution in [0.3, 0.4) is 0 Å². The largest absolute Gasteiger partial charge is 0.384 e. The molecule has 0 spiro atoms. The number of hydrogen-bond acceptors (Lipinski definition) is 3. The van der Waals surface area contributed by atoms with Gasteiger partial charge in [-0.1, -0.05) is 49.4 Å². The van der Waals surface area contributed by atoms with Crippen LogP contribution < -0.4 is 5.32 Å². The van der Waals surface area contributed by atoms with Gasteiger partial charge in [0, 0.05) is 32.6 Å². The van der Waals surface area contributed by atoms with E-state index < -0.39 is 0 Å². The zero-order valence-electron chi connectivity index (χ0n) is 14.6. The summed E-state index contributed by atoms with van der Waals surface area (Å²) in [4.78, 5) is 10.9. The number of nitrogens with one attached hydrogen (secondary N) is 1. The van der Waals surface area contributed by atoms with Gasteiger partial charge in [0.2, 0.25) is 0 Å². The molecule has 0 aromatic heterocycles. The van der Waals surface area contributed by atoms with E-state index in [1.54, 1.807) is 7.11 Å². The lowest BCUT2D eigenvalue weighted by molar-refractivity contribution is -0.120. The Morgan fingerprint density at radius 3 is 2.52 bits per heavy atom. The lowest BCUT2D eigenvalue weighted by Gasteiger charge is -2.21. The molecule has 1 N–H and O–H groups in total. The second kappa shape index (κ2) is 13.0. The standard InChI is InChI=1S/C11H14O.C9H17NO/c1-12-10-6-5-9-11-7-3-2-4-8-11;1-2-7-10-8-3-5-9(11)6-4-8/h2-5,7-9H,6,10H2,1H3;8,10H,2-7H2,1H3/b9-5-;. The van der Waals surface area contributed by atoms with Gasteiger partial charge in [-0.05, 0) is 37.8 Å². The molecule has 0 unspecified atom stereocenters. The molecule has 1 aromatic rings. The fraction of sp³-hybridized carbons (Fsp3) is 0.550. The van der Waals surface area contributed by atoms with Crippen LogP contribution >= 0.6 is 0 Å². The van der Waals surface area contributed by atoms with Crippen molar-refractivity contribution >= 4 is 11.9 Å². The number of benzene rings is 1. The zero-order valence-corrected chi connectivity index (χ0v) is 14.6. The molecule has 2 rings (SSSR count). The Hall–Kier alpha value is -1.45. The average Bonchev–Trinajstić information content (AvgIpc) is 2.60. The second-order valence-corrected chi connectivity index (χ2v) is 5.86. The molecule has 1 fully saturated rings. The molecule has 0 saturated heterocycles. The molecule has 1 aromatic carbocycles. The number of rotatable bonds is 7. The van der Waals surface area contributed by atoms with Crippen LogP contribution in [0.1, 0.15) is 51.0 Å². The normalized spacial score (nSPS) is 15.5. The SMILES string of the molecule is CCCNC1CCC(=O)CC1.COCC/C=C\c1ccccc1. The highest BCUT2D eigenvalue weighted by molar-refractivity contribution is 5.79. The lowest BCUT2D eigenvalue weighted by Crippen LogP contribution is -2.33. The average molecular weight is 317 g/mol. The molecule has 0 atom stereocenters. The maximum absolute atomic E-state index is 10.9. The Morgan fingerprint density at radius 2 is 1.91 bits per heavy atom. The number of ether oxygens (including phenoxy) is 1. The lowest BCUT2D eigenvalue weighted by atomic mass is 9.94. The Kier molecular flexibility index (Phi) is 11.1. The van der Waals surface area contributed by atoms with Crippen molar-refractivity contribution in [2.45, 2.75) is 51.5 Å². The molecule has 0 heterocycles. The third-order valence-electron chi connectivity index (χ3n) is 3.82. The zero-order chi connectivity index (χ0) is 16.8. The van der Waals surface area contributed by atoms with E-state index in [9.17, 15) is 4.79 Å². The van der Waals surface area contributed by atoms with Gasteiger partial charge in [0.25, 0.3) is 0 Å². The number of ketones is 1. The summed E-state index contributed by atoms with van der Waals surface area (Å²) in [5.74, 6) is 0.444. The molecule has 3 heteroatoms. The first-order valence-corrected chi connectivity index (χ1v) is 8.71. The van der Waals surface area contributed by atoms with E-state index in [1.165, 1.54) is 12.0 Å². The van der Waals surface area contributed by atoms with Crippen LogP contribution in [-0.4, -0.2) is 32.1 Å². The molecule has 1 saturated carbocycles. The van der Waals surface area contributed by atoms with E-state index >= 15 is 0 Å². The monoisotopic (exact) mass is 317 g/mol. The molecule has 3 nitrogen and oxygen atoms in total. The minimum Gasteiger partial charge on any atom is -0.384 e. The van der Waals surface area contributed by atoms with E-state index in [0.29, 0.717) is 11.8 Å². The highest BCUT2D eigenvalue weighted by atomic mass is 16.5. The smallest absolute Gasteiger partial charge is 0.133 e. The number of hydrogen-bond donors (Lipinski definition) is 1. The Morgan fingerprint density at radius 1 is 1.22 bits per heavy atom. The molecule has 0 radical (unpaired) electrons. The van der Waals surface area contributed by atoms with Crippen LogP contribution in [-0.2, 0) is 9.53 Å². The summed E-state index contributed by atoms with van der Waals surface area (Å²) >= 11 is 0. The van der Waals surface area contributed by atoms with E-state index in [0.717, 1.165) is 45.3 Å². The minimum absolute atomic E-state index is 0.444. The van der Waals surface area contributed by atoms with Crippen molar-refractivity contribution in [2.75, 3.05) is 20.3 Å². The molecular formula is C20H31NO2. The fourth-order valence-corrected chi connectivity index (χ4v) is 2.46. The van der Waals surface area contributed by atoms with Crippen molar-refractivity contribution in [2.24, 2.45) is 0 Å². The maximum atomic E-state index is 10.9. The van der Waals surface area contributed by atoms with Crippen LogP contribution in [0.5, 0.6) is 0 Å². The van der Waals surface area contributed by atoms with Crippen molar-refractivity contribution in [3.8, 4) is 0 Å². The van der Waals surface area contributed by atoms with Gasteiger partial charge in [0.1, 0.15) is 5.78 Å². The predicted molar refractivity (Wildman–Crippen MR) is 97.5 cm³/mol. The molecule has 128 valence electrons. The summed E-state index contributed by atoms with van der Waals surface area (Å²) in [5, 5.41) is 3.44. The summed E-state index contributed by atoms with van der Waals surface area (Å²) < 4.78 is 4.93. The molecule has 0 amide bonds. The van der Waals surface area contributed by atoms with Gasteiger partial charge in [-0.25, -0.2) is 0 Å². The molecular weight excluding hydrogens is 286 g/mol. The number of Topliss-reactive ketones (excluding diaryl/α,β-unsaturated/α-hetero) is 1. The first kappa shape index (κ1) is 19.6. The third-order valence-corrected chi connectivity index (χ3v) is 3.82. The Bertz CT molecular complexity index is 432. The summed E-state index contributed by atoms with van der Waals surface area (Å²) in [5.41, 5.74) is 1.24. The van der Waals surface area contributed by atoms with E-state index in [1.807, 2.05) is 18.2 Å². The summed E-state index contributed by atoms with van der Waals surface area (Å²) in [6.45, 7) is 4.06. The van der Waals surface area contributed by atoms with Crippen LogP contribution in [0, 0.1) is 0 Å². The topological polar surface area (TPSA) is 38.3 Å². The third kappa shape index (κ3) is 10.0. The molecule has 0 bridgehead atoms. The van der Waals surface area contributed by atoms with E-state index in [2.05, 4.69) is 36.5 Å². The summed E-state index contributed by atoms with van der Waals surface area (Å²) in [7, 11) is 1.72. The van der Waals surface area contributed by atoms with Crippen molar-refractivity contribution in [1.82, 2.24) is 5.32 Å². The number of methoxy groups -OCH3 is 1. The molecule has 0 aliphatic heterocycles.